The maximum Gasteiger partial charge on any atom is 0.269 e. The molecule has 0 spiro atoms. The van der Waals surface area contributed by atoms with Gasteiger partial charge in [-0.25, -0.2) is 0 Å². The number of aromatic nitrogens is 2. The Balaban J connectivity index is 1.75. The third kappa shape index (κ3) is 3.20. The molecule has 2 aromatic rings. The van der Waals surface area contributed by atoms with Crippen molar-refractivity contribution < 1.29 is 9.53 Å². The Morgan fingerprint density at radius 2 is 2.00 bits per heavy atom. The molecule has 0 saturated carbocycles. The number of hydrogen-bond acceptors (Lipinski definition) is 3. The van der Waals surface area contributed by atoms with Gasteiger partial charge in [0, 0.05) is 17.6 Å². The number of hydrogen-bond donors (Lipinski definition) is 1. The highest BCUT2D eigenvalue weighted by molar-refractivity contribution is 6.30. The van der Waals surface area contributed by atoms with Crippen LogP contribution in [-0.2, 0) is 24.7 Å². The second-order valence-electron chi connectivity index (χ2n) is 6.27. The molecule has 1 N–H and O–H groups in total. The molecule has 0 saturated heterocycles. The third-order valence-electron chi connectivity index (χ3n) is 4.03. The molecule has 1 aliphatic carbocycles. The third-order valence-corrected chi connectivity index (χ3v) is 4.29. The number of fused-ring (bicyclic) bond motifs is 1. The number of nitrogens with zero attached hydrogens (tertiary/aromatic N) is 2. The molecule has 0 atom stereocenters. The Morgan fingerprint density at radius 1 is 1.30 bits per heavy atom. The van der Waals surface area contributed by atoms with Gasteiger partial charge in [0.1, 0.15) is 11.6 Å². The summed E-state index contributed by atoms with van der Waals surface area (Å²) in [6.45, 7) is 3.49. The van der Waals surface area contributed by atoms with E-state index in [4.69, 9.17) is 16.3 Å². The maximum atomic E-state index is 12.7. The van der Waals surface area contributed by atoms with Crippen molar-refractivity contribution in [3.63, 3.8) is 0 Å². The Bertz CT molecular complexity index is 735. The molecule has 23 heavy (non-hydrogen) atoms. The van der Waals surface area contributed by atoms with Gasteiger partial charge in [-0.05, 0) is 57.4 Å². The van der Waals surface area contributed by atoms with Gasteiger partial charge >= 0.3 is 0 Å². The monoisotopic (exact) mass is 333 g/mol. The number of benzene rings is 1. The van der Waals surface area contributed by atoms with E-state index in [1.807, 2.05) is 7.05 Å². The maximum absolute atomic E-state index is 12.7. The fourth-order valence-electron chi connectivity index (χ4n) is 2.78. The van der Waals surface area contributed by atoms with Crippen LogP contribution in [0, 0.1) is 0 Å². The minimum atomic E-state index is -1.01. The van der Waals surface area contributed by atoms with Gasteiger partial charge in [-0.2, -0.15) is 5.10 Å². The van der Waals surface area contributed by atoms with E-state index in [2.05, 4.69) is 10.4 Å². The first-order chi connectivity index (χ1) is 10.9. The van der Waals surface area contributed by atoms with Gasteiger partial charge < -0.3 is 10.1 Å². The molecule has 3 rings (SSSR count). The summed E-state index contributed by atoms with van der Waals surface area (Å²) >= 11 is 5.87. The van der Waals surface area contributed by atoms with E-state index in [1.54, 1.807) is 42.8 Å². The highest BCUT2D eigenvalue weighted by atomic mass is 35.5. The molecule has 0 unspecified atom stereocenters. The van der Waals surface area contributed by atoms with Crippen LogP contribution in [0.1, 0.15) is 31.5 Å². The zero-order valence-corrected chi connectivity index (χ0v) is 14.3. The molecule has 1 amide bonds. The zero-order valence-electron chi connectivity index (χ0n) is 13.5. The summed E-state index contributed by atoms with van der Waals surface area (Å²) in [5.41, 5.74) is 1.21. The standard InChI is InChI=1S/C17H20ClN3O2/c1-17(2,23-12-9-7-11(18)8-10-12)16(22)19-15-13-5-4-6-14(13)20-21(15)3/h7-10H,4-6H2,1-3H3,(H,19,22). The topological polar surface area (TPSA) is 56.2 Å². The minimum Gasteiger partial charge on any atom is -0.478 e. The van der Waals surface area contributed by atoms with Crippen molar-refractivity contribution >= 4 is 23.3 Å². The molecule has 1 aromatic carbocycles. The van der Waals surface area contributed by atoms with Crippen molar-refractivity contribution in [3.8, 4) is 5.75 Å². The van der Waals surface area contributed by atoms with Gasteiger partial charge in [0.15, 0.2) is 5.60 Å². The number of carbonyl (C=O) groups is 1. The molecule has 1 aliphatic rings. The Hall–Kier alpha value is -2.01. The van der Waals surface area contributed by atoms with E-state index in [0.29, 0.717) is 10.8 Å². The molecule has 1 heterocycles. The lowest BCUT2D eigenvalue weighted by Crippen LogP contribution is -2.43. The van der Waals surface area contributed by atoms with Crippen LogP contribution < -0.4 is 10.1 Å². The number of aryl methyl sites for hydroxylation is 2. The number of ether oxygens (including phenoxy) is 1. The molecule has 1 aromatic heterocycles. The average molecular weight is 334 g/mol. The zero-order chi connectivity index (χ0) is 16.6. The van der Waals surface area contributed by atoms with E-state index < -0.39 is 5.60 Å². The first-order valence-corrected chi connectivity index (χ1v) is 8.05. The normalized spacial score (nSPS) is 13.7. The van der Waals surface area contributed by atoms with Gasteiger partial charge in [-0.1, -0.05) is 11.6 Å². The second kappa shape index (κ2) is 5.89. The Labute approximate surface area is 140 Å². The van der Waals surface area contributed by atoms with Crippen molar-refractivity contribution in [3.05, 3.63) is 40.5 Å². The Morgan fingerprint density at radius 3 is 2.70 bits per heavy atom. The molecule has 0 fully saturated rings. The molecular formula is C17H20ClN3O2. The number of carbonyl (C=O) groups excluding carboxylic acids is 1. The van der Waals surface area contributed by atoms with Crippen LogP contribution in [0.25, 0.3) is 0 Å². The molecule has 0 bridgehead atoms. The smallest absolute Gasteiger partial charge is 0.269 e. The van der Waals surface area contributed by atoms with Crippen LogP contribution in [0.3, 0.4) is 0 Å². The van der Waals surface area contributed by atoms with Gasteiger partial charge in [0.25, 0.3) is 5.91 Å². The first kappa shape index (κ1) is 15.9. The van der Waals surface area contributed by atoms with Crippen molar-refractivity contribution in [2.24, 2.45) is 7.05 Å². The molecule has 0 radical (unpaired) electrons. The number of rotatable bonds is 4. The van der Waals surface area contributed by atoms with Crippen LogP contribution in [0.2, 0.25) is 5.02 Å². The van der Waals surface area contributed by atoms with Crippen LogP contribution in [0.15, 0.2) is 24.3 Å². The van der Waals surface area contributed by atoms with Crippen molar-refractivity contribution in [2.75, 3.05) is 5.32 Å². The summed E-state index contributed by atoms with van der Waals surface area (Å²) in [6, 6.07) is 6.97. The van der Waals surface area contributed by atoms with E-state index >= 15 is 0 Å². The van der Waals surface area contributed by atoms with Crippen LogP contribution in [0.5, 0.6) is 5.75 Å². The van der Waals surface area contributed by atoms with E-state index in [-0.39, 0.29) is 5.91 Å². The number of halogens is 1. The highest BCUT2D eigenvalue weighted by Gasteiger charge is 2.32. The summed E-state index contributed by atoms with van der Waals surface area (Å²) < 4.78 is 7.56. The predicted octanol–water partition coefficient (Wildman–Crippen LogP) is 3.36. The number of amides is 1. The van der Waals surface area contributed by atoms with Crippen LogP contribution >= 0.6 is 11.6 Å². The fourth-order valence-corrected chi connectivity index (χ4v) is 2.90. The largest absolute Gasteiger partial charge is 0.478 e. The number of anilines is 1. The van der Waals surface area contributed by atoms with Crippen LogP contribution in [-0.4, -0.2) is 21.3 Å². The van der Waals surface area contributed by atoms with Gasteiger partial charge in [0.05, 0.1) is 5.69 Å². The first-order valence-electron chi connectivity index (χ1n) is 7.67. The summed E-state index contributed by atoms with van der Waals surface area (Å²) in [6.07, 6.45) is 3.02. The van der Waals surface area contributed by atoms with Gasteiger partial charge in [-0.15, -0.1) is 0 Å². The van der Waals surface area contributed by atoms with Crippen molar-refractivity contribution in [2.45, 2.75) is 38.7 Å². The SMILES string of the molecule is Cn1nc2c(c1NC(=O)C(C)(C)Oc1ccc(Cl)cc1)CCC2. The quantitative estimate of drug-likeness (QED) is 0.933. The van der Waals surface area contributed by atoms with E-state index in [1.165, 1.54) is 0 Å². The lowest BCUT2D eigenvalue weighted by atomic mass is 10.1. The van der Waals surface area contributed by atoms with E-state index in [0.717, 1.165) is 36.3 Å². The second-order valence-corrected chi connectivity index (χ2v) is 6.71. The summed E-state index contributed by atoms with van der Waals surface area (Å²) in [7, 11) is 1.85. The van der Waals surface area contributed by atoms with Crippen molar-refractivity contribution in [1.29, 1.82) is 0 Å². The summed E-state index contributed by atoms with van der Waals surface area (Å²) in [4.78, 5) is 12.7. The molecule has 122 valence electrons. The molecule has 5 nitrogen and oxygen atoms in total. The minimum absolute atomic E-state index is 0.204. The highest BCUT2D eigenvalue weighted by Crippen LogP contribution is 2.29. The summed E-state index contributed by atoms with van der Waals surface area (Å²) in [5, 5.41) is 8.07. The average Bonchev–Trinajstić information content (AvgIpc) is 3.04. The summed E-state index contributed by atoms with van der Waals surface area (Å²) in [5.74, 6) is 1.17. The number of nitrogens with one attached hydrogen (secondary N) is 1. The predicted molar refractivity (Wildman–Crippen MR) is 90.0 cm³/mol. The molecule has 0 aliphatic heterocycles. The lowest BCUT2D eigenvalue weighted by molar-refractivity contribution is -0.128. The van der Waals surface area contributed by atoms with E-state index in [9.17, 15) is 4.79 Å². The van der Waals surface area contributed by atoms with Gasteiger partial charge in [0.2, 0.25) is 0 Å². The Kier molecular flexibility index (Phi) is 4.06. The van der Waals surface area contributed by atoms with Crippen LogP contribution in [0.4, 0.5) is 5.82 Å². The fraction of sp³-hybridized carbons (Fsp3) is 0.412. The van der Waals surface area contributed by atoms with Crippen molar-refractivity contribution in [1.82, 2.24) is 9.78 Å². The lowest BCUT2D eigenvalue weighted by Gasteiger charge is -2.25. The van der Waals surface area contributed by atoms with Gasteiger partial charge in [-0.3, -0.25) is 9.48 Å². The molecular weight excluding hydrogens is 314 g/mol. The molecule has 6 heteroatoms.